The third kappa shape index (κ3) is 2.50. The van der Waals surface area contributed by atoms with Crippen molar-refractivity contribution in [2.75, 3.05) is 19.7 Å². The van der Waals surface area contributed by atoms with Crippen molar-refractivity contribution in [2.24, 2.45) is 11.3 Å². The van der Waals surface area contributed by atoms with Gasteiger partial charge >= 0.3 is 0 Å². The van der Waals surface area contributed by atoms with Gasteiger partial charge in [0.05, 0.1) is 12.7 Å². The first-order valence-electron chi connectivity index (χ1n) is 7.61. The molecule has 0 amide bonds. The Labute approximate surface area is 111 Å². The van der Waals surface area contributed by atoms with Gasteiger partial charge in [0.25, 0.3) is 0 Å². The molecule has 2 unspecified atom stereocenters. The van der Waals surface area contributed by atoms with E-state index in [1.807, 2.05) is 0 Å². The molecule has 2 saturated heterocycles. The van der Waals surface area contributed by atoms with Crippen molar-refractivity contribution in [1.29, 1.82) is 0 Å². The molecule has 2 heteroatoms. The standard InChI is InChI=1S/C16H27NO/c1-12(2)18-11-16(6-7-16)10-17-9-14-4-5-15(17)8-13(14)3/h12,14-15H,3-11H2,1-2H3. The van der Waals surface area contributed by atoms with Gasteiger partial charge < -0.3 is 4.74 Å². The minimum absolute atomic E-state index is 0.375. The van der Waals surface area contributed by atoms with Crippen LogP contribution in [-0.2, 0) is 4.74 Å². The summed E-state index contributed by atoms with van der Waals surface area (Å²) in [5.74, 6) is 0.789. The van der Waals surface area contributed by atoms with Crippen LogP contribution in [-0.4, -0.2) is 36.7 Å². The van der Waals surface area contributed by atoms with Crippen molar-refractivity contribution in [3.05, 3.63) is 12.2 Å². The molecule has 0 N–H and O–H groups in total. The highest BCUT2D eigenvalue weighted by Gasteiger charge is 2.47. The third-order valence-corrected chi connectivity index (χ3v) is 5.11. The first-order chi connectivity index (χ1) is 8.58. The second kappa shape index (κ2) is 4.64. The van der Waals surface area contributed by atoms with Gasteiger partial charge in [-0.3, -0.25) is 4.90 Å². The molecule has 2 aliphatic carbocycles. The van der Waals surface area contributed by atoms with Crippen molar-refractivity contribution in [3.63, 3.8) is 0 Å². The molecule has 4 rings (SSSR count). The van der Waals surface area contributed by atoms with Gasteiger partial charge in [-0.15, -0.1) is 0 Å². The van der Waals surface area contributed by atoms with E-state index < -0.39 is 0 Å². The van der Waals surface area contributed by atoms with Crippen molar-refractivity contribution >= 4 is 0 Å². The minimum Gasteiger partial charge on any atom is -0.378 e. The van der Waals surface area contributed by atoms with Crippen LogP contribution < -0.4 is 0 Å². The molecule has 4 aliphatic rings. The maximum atomic E-state index is 5.87. The first-order valence-corrected chi connectivity index (χ1v) is 7.61. The van der Waals surface area contributed by atoms with Crippen LogP contribution in [0.2, 0.25) is 0 Å². The highest BCUT2D eigenvalue weighted by Crippen LogP contribution is 2.49. The number of piperidine rings is 2. The molecule has 2 nitrogen and oxygen atoms in total. The Morgan fingerprint density at radius 3 is 2.67 bits per heavy atom. The van der Waals surface area contributed by atoms with Gasteiger partial charge in [0.1, 0.15) is 0 Å². The normalized spacial score (nSPS) is 34.3. The van der Waals surface area contributed by atoms with Crippen LogP contribution in [0.5, 0.6) is 0 Å². The van der Waals surface area contributed by atoms with Crippen LogP contribution in [0.15, 0.2) is 12.2 Å². The molecule has 0 aromatic carbocycles. The van der Waals surface area contributed by atoms with Crippen LogP contribution in [0.1, 0.15) is 46.0 Å². The summed E-state index contributed by atoms with van der Waals surface area (Å²) < 4.78 is 5.87. The maximum Gasteiger partial charge on any atom is 0.0538 e. The minimum atomic E-state index is 0.375. The van der Waals surface area contributed by atoms with E-state index in [0.29, 0.717) is 11.5 Å². The molecule has 2 aliphatic heterocycles. The molecule has 2 saturated carbocycles. The number of hydrogen-bond acceptors (Lipinski definition) is 2. The van der Waals surface area contributed by atoms with Gasteiger partial charge in [-0.05, 0) is 51.9 Å². The van der Waals surface area contributed by atoms with Gasteiger partial charge in [0.2, 0.25) is 0 Å². The zero-order chi connectivity index (χ0) is 12.8. The van der Waals surface area contributed by atoms with Crippen LogP contribution in [0.4, 0.5) is 0 Å². The third-order valence-electron chi connectivity index (χ3n) is 5.11. The Morgan fingerprint density at radius 2 is 2.17 bits per heavy atom. The second-order valence-electron chi connectivity index (χ2n) is 7.08. The summed E-state index contributed by atoms with van der Waals surface area (Å²) in [5.41, 5.74) is 2.02. The van der Waals surface area contributed by atoms with E-state index in [1.54, 1.807) is 0 Å². The van der Waals surface area contributed by atoms with E-state index in [-0.39, 0.29) is 0 Å². The number of ether oxygens (including phenoxy) is 1. The number of fused-ring (bicyclic) bond motifs is 3. The van der Waals surface area contributed by atoms with Crippen LogP contribution in [0, 0.1) is 11.3 Å². The average Bonchev–Trinajstić information content (AvgIpc) is 3.09. The van der Waals surface area contributed by atoms with Crippen molar-refractivity contribution in [3.8, 4) is 0 Å². The lowest BCUT2D eigenvalue weighted by molar-refractivity contribution is 0.00726. The number of hydrogen-bond donors (Lipinski definition) is 0. The number of nitrogens with zero attached hydrogens (tertiary/aromatic N) is 1. The predicted molar refractivity (Wildman–Crippen MR) is 74.6 cm³/mol. The first kappa shape index (κ1) is 12.7. The predicted octanol–water partition coefficient (Wildman–Crippen LogP) is 3.23. The van der Waals surface area contributed by atoms with Crippen LogP contribution in [0.3, 0.4) is 0 Å². The second-order valence-corrected chi connectivity index (χ2v) is 7.08. The highest BCUT2D eigenvalue weighted by atomic mass is 16.5. The fraction of sp³-hybridized carbons (Fsp3) is 0.875. The summed E-state index contributed by atoms with van der Waals surface area (Å²) in [6.45, 7) is 12.0. The van der Waals surface area contributed by atoms with Crippen molar-refractivity contribution in [1.82, 2.24) is 4.90 Å². The van der Waals surface area contributed by atoms with Crippen molar-refractivity contribution < 1.29 is 4.74 Å². The van der Waals surface area contributed by atoms with E-state index in [2.05, 4.69) is 25.3 Å². The fourth-order valence-corrected chi connectivity index (χ4v) is 3.63. The lowest BCUT2D eigenvalue weighted by atomic mass is 9.76. The highest BCUT2D eigenvalue weighted by molar-refractivity contribution is 5.13. The molecule has 0 aromatic heterocycles. The van der Waals surface area contributed by atoms with Gasteiger partial charge in [-0.1, -0.05) is 12.2 Å². The summed E-state index contributed by atoms with van der Waals surface area (Å²) in [6, 6.07) is 0.791. The zero-order valence-electron chi connectivity index (χ0n) is 12.0. The molecule has 0 spiro atoms. The summed E-state index contributed by atoms with van der Waals surface area (Å²) >= 11 is 0. The summed E-state index contributed by atoms with van der Waals surface area (Å²) in [7, 11) is 0. The fourth-order valence-electron chi connectivity index (χ4n) is 3.63. The van der Waals surface area contributed by atoms with Crippen molar-refractivity contribution in [2.45, 2.75) is 58.1 Å². The molecule has 2 bridgehead atoms. The summed E-state index contributed by atoms with van der Waals surface area (Å²) in [5, 5.41) is 0. The summed E-state index contributed by atoms with van der Waals surface area (Å²) in [4.78, 5) is 2.75. The molecule has 102 valence electrons. The molecular weight excluding hydrogens is 222 g/mol. The molecule has 2 heterocycles. The van der Waals surface area contributed by atoms with Gasteiger partial charge in [0, 0.05) is 24.5 Å². The monoisotopic (exact) mass is 249 g/mol. The SMILES string of the molecule is C=C1CC2CCC1CN2CC1(COC(C)C)CC1. The molecule has 18 heavy (non-hydrogen) atoms. The Kier molecular flexibility index (Phi) is 3.27. The maximum absolute atomic E-state index is 5.87. The van der Waals surface area contributed by atoms with Gasteiger partial charge in [0.15, 0.2) is 0 Å². The molecule has 0 radical (unpaired) electrons. The Morgan fingerprint density at radius 1 is 1.39 bits per heavy atom. The average molecular weight is 249 g/mol. The Bertz CT molecular complexity index is 332. The van der Waals surface area contributed by atoms with E-state index in [1.165, 1.54) is 50.8 Å². The zero-order valence-corrected chi connectivity index (χ0v) is 12.0. The molecule has 4 fully saturated rings. The molecular formula is C16H27NO. The Hall–Kier alpha value is -0.340. The Balaban J connectivity index is 1.56. The van der Waals surface area contributed by atoms with Crippen LogP contribution >= 0.6 is 0 Å². The summed E-state index contributed by atoms with van der Waals surface area (Å²) in [6.07, 6.45) is 7.15. The van der Waals surface area contributed by atoms with Gasteiger partial charge in [-0.2, -0.15) is 0 Å². The lowest BCUT2D eigenvalue weighted by Crippen LogP contribution is -2.51. The molecule has 0 aromatic rings. The smallest absolute Gasteiger partial charge is 0.0538 e. The van der Waals surface area contributed by atoms with E-state index in [4.69, 9.17) is 4.74 Å². The largest absolute Gasteiger partial charge is 0.378 e. The van der Waals surface area contributed by atoms with E-state index >= 15 is 0 Å². The van der Waals surface area contributed by atoms with Crippen LogP contribution in [0.25, 0.3) is 0 Å². The molecule has 2 atom stereocenters. The topological polar surface area (TPSA) is 12.5 Å². The van der Waals surface area contributed by atoms with Gasteiger partial charge in [-0.25, -0.2) is 0 Å². The van der Waals surface area contributed by atoms with E-state index in [9.17, 15) is 0 Å². The number of rotatable bonds is 5. The quantitative estimate of drug-likeness (QED) is 0.694. The van der Waals surface area contributed by atoms with E-state index in [0.717, 1.165) is 18.6 Å². The lowest BCUT2D eigenvalue weighted by Gasteiger charge is -2.48.